The van der Waals surface area contributed by atoms with E-state index in [2.05, 4.69) is 5.10 Å². The number of hydrazone groups is 1. The fraction of sp³-hybridized carbons (Fsp3) is 0.467. The Hall–Kier alpha value is -1.96. The second-order valence-corrected chi connectivity index (χ2v) is 5.88. The van der Waals surface area contributed by atoms with E-state index in [1.807, 2.05) is 0 Å². The first kappa shape index (κ1) is 17.4. The molecule has 2 rings (SSSR count). The number of rotatable bonds is 3. The molecule has 1 atom stereocenters. The molecule has 1 aliphatic rings. The van der Waals surface area contributed by atoms with Crippen molar-refractivity contribution in [2.24, 2.45) is 11.0 Å². The smallest absolute Gasteiger partial charge is 0.362 e. The molecular formula is C15H16F4N2O2. The maximum absolute atomic E-state index is 13.3. The summed E-state index contributed by atoms with van der Waals surface area (Å²) < 4.78 is 52.7. The number of hydrogen-bond donors (Lipinski definition) is 1. The van der Waals surface area contributed by atoms with Gasteiger partial charge in [0.2, 0.25) is 0 Å². The lowest BCUT2D eigenvalue weighted by Crippen LogP contribution is -2.56. The van der Waals surface area contributed by atoms with E-state index in [4.69, 9.17) is 0 Å². The van der Waals surface area contributed by atoms with Gasteiger partial charge in [-0.1, -0.05) is 13.8 Å². The number of alkyl halides is 3. The van der Waals surface area contributed by atoms with Crippen LogP contribution in [0.2, 0.25) is 0 Å². The first-order chi connectivity index (χ1) is 10.5. The Balaban J connectivity index is 2.39. The van der Waals surface area contributed by atoms with Gasteiger partial charge in [0, 0.05) is 17.7 Å². The standard InChI is InChI=1S/C15H16F4N2O2/c1-9(2)7-12-8-14(23,15(17,18)19)21(20-12)13(22)10-3-5-11(16)6-4-10/h3-6,9,23H,7-8H2,1-2H3/t14-/m1/s1. The Bertz CT molecular complexity index is 625. The van der Waals surface area contributed by atoms with Gasteiger partial charge in [-0.2, -0.15) is 23.3 Å². The predicted octanol–water partition coefficient (Wildman–Crippen LogP) is 3.32. The molecule has 1 heterocycles. The van der Waals surface area contributed by atoms with Crippen molar-refractivity contribution in [2.45, 2.75) is 38.6 Å². The third-order valence-electron chi connectivity index (χ3n) is 3.42. The molecular weight excluding hydrogens is 316 g/mol. The average molecular weight is 332 g/mol. The SMILES string of the molecule is CC(C)CC1=NN(C(=O)c2ccc(F)cc2)[C@](O)(C(F)(F)F)C1. The zero-order chi connectivity index (χ0) is 17.4. The predicted molar refractivity (Wildman–Crippen MR) is 75.1 cm³/mol. The van der Waals surface area contributed by atoms with E-state index >= 15 is 0 Å². The van der Waals surface area contributed by atoms with Gasteiger partial charge in [-0.05, 0) is 36.6 Å². The lowest BCUT2D eigenvalue weighted by atomic mass is 9.99. The molecule has 1 N–H and O–H groups in total. The van der Waals surface area contributed by atoms with Crippen molar-refractivity contribution in [3.05, 3.63) is 35.6 Å². The van der Waals surface area contributed by atoms with E-state index in [-0.39, 0.29) is 28.6 Å². The van der Waals surface area contributed by atoms with Crippen LogP contribution < -0.4 is 0 Å². The molecule has 0 aromatic heterocycles. The number of aliphatic hydroxyl groups is 1. The normalized spacial score (nSPS) is 21.7. The quantitative estimate of drug-likeness (QED) is 0.863. The monoisotopic (exact) mass is 332 g/mol. The van der Waals surface area contributed by atoms with Crippen molar-refractivity contribution in [1.29, 1.82) is 0 Å². The Morgan fingerprint density at radius 1 is 1.35 bits per heavy atom. The Kier molecular flexibility index (Phi) is 4.48. The van der Waals surface area contributed by atoms with Gasteiger partial charge in [-0.25, -0.2) is 4.39 Å². The summed E-state index contributed by atoms with van der Waals surface area (Å²) in [7, 11) is 0. The summed E-state index contributed by atoms with van der Waals surface area (Å²) in [6.45, 7) is 3.58. The molecule has 1 aromatic carbocycles. The highest BCUT2D eigenvalue weighted by Crippen LogP contribution is 2.41. The van der Waals surface area contributed by atoms with Gasteiger partial charge in [0.25, 0.3) is 11.6 Å². The van der Waals surface area contributed by atoms with Gasteiger partial charge < -0.3 is 5.11 Å². The molecule has 0 aliphatic carbocycles. The number of nitrogens with zero attached hydrogens (tertiary/aromatic N) is 2. The van der Waals surface area contributed by atoms with E-state index in [1.165, 1.54) is 0 Å². The Morgan fingerprint density at radius 3 is 2.39 bits per heavy atom. The summed E-state index contributed by atoms with van der Waals surface area (Å²) in [4.78, 5) is 12.3. The molecule has 0 saturated heterocycles. The second-order valence-electron chi connectivity index (χ2n) is 5.88. The maximum atomic E-state index is 13.3. The molecule has 0 radical (unpaired) electrons. The molecule has 0 spiro atoms. The van der Waals surface area contributed by atoms with Crippen molar-refractivity contribution < 1.29 is 27.5 Å². The number of halogens is 4. The minimum absolute atomic E-state index is 0.0205. The van der Waals surface area contributed by atoms with Crippen LogP contribution in [0.3, 0.4) is 0 Å². The van der Waals surface area contributed by atoms with Gasteiger partial charge >= 0.3 is 6.18 Å². The minimum atomic E-state index is -5.06. The van der Waals surface area contributed by atoms with Crippen LogP contribution in [0.5, 0.6) is 0 Å². The van der Waals surface area contributed by atoms with Crippen molar-refractivity contribution in [3.8, 4) is 0 Å². The van der Waals surface area contributed by atoms with Crippen LogP contribution in [0.1, 0.15) is 37.0 Å². The highest BCUT2D eigenvalue weighted by molar-refractivity contribution is 5.98. The molecule has 8 heteroatoms. The average Bonchev–Trinajstić information content (AvgIpc) is 2.75. The highest BCUT2D eigenvalue weighted by atomic mass is 19.4. The number of hydrogen-bond acceptors (Lipinski definition) is 3. The van der Waals surface area contributed by atoms with Crippen LogP contribution in [0.25, 0.3) is 0 Å². The molecule has 0 fully saturated rings. The third-order valence-corrected chi connectivity index (χ3v) is 3.42. The van der Waals surface area contributed by atoms with Crippen molar-refractivity contribution in [3.63, 3.8) is 0 Å². The summed E-state index contributed by atoms with van der Waals surface area (Å²) in [5.74, 6) is -1.74. The van der Waals surface area contributed by atoms with Gasteiger partial charge in [-0.15, -0.1) is 0 Å². The summed E-state index contributed by atoms with van der Waals surface area (Å²) in [6.07, 6.45) is -5.63. The van der Waals surface area contributed by atoms with Gasteiger partial charge in [0.05, 0.1) is 0 Å². The molecule has 23 heavy (non-hydrogen) atoms. The fourth-order valence-electron chi connectivity index (χ4n) is 2.35. The van der Waals surface area contributed by atoms with Crippen LogP contribution in [0.4, 0.5) is 17.6 Å². The highest BCUT2D eigenvalue weighted by Gasteiger charge is 2.63. The topological polar surface area (TPSA) is 52.9 Å². The summed E-state index contributed by atoms with van der Waals surface area (Å²) in [5, 5.41) is 13.8. The van der Waals surface area contributed by atoms with Gasteiger partial charge in [0.15, 0.2) is 0 Å². The minimum Gasteiger partial charge on any atom is -0.362 e. The van der Waals surface area contributed by atoms with Crippen molar-refractivity contribution in [1.82, 2.24) is 5.01 Å². The van der Waals surface area contributed by atoms with Crippen LogP contribution in [-0.2, 0) is 0 Å². The van der Waals surface area contributed by atoms with E-state index < -0.39 is 30.0 Å². The molecule has 0 saturated carbocycles. The molecule has 4 nitrogen and oxygen atoms in total. The van der Waals surface area contributed by atoms with E-state index in [9.17, 15) is 27.5 Å². The molecule has 0 unspecified atom stereocenters. The largest absolute Gasteiger partial charge is 0.438 e. The van der Waals surface area contributed by atoms with E-state index in [0.29, 0.717) is 0 Å². The Labute approximate surface area is 130 Å². The Morgan fingerprint density at radius 2 is 1.91 bits per heavy atom. The zero-order valence-corrected chi connectivity index (χ0v) is 12.6. The maximum Gasteiger partial charge on any atom is 0.438 e. The van der Waals surface area contributed by atoms with E-state index in [0.717, 1.165) is 24.3 Å². The number of amides is 1. The summed E-state index contributed by atoms with van der Waals surface area (Å²) in [5.41, 5.74) is -3.48. The first-order valence-electron chi connectivity index (χ1n) is 7.00. The summed E-state index contributed by atoms with van der Waals surface area (Å²) in [6, 6.07) is 4.00. The van der Waals surface area contributed by atoms with Crippen LogP contribution >= 0.6 is 0 Å². The molecule has 1 aliphatic heterocycles. The molecule has 1 amide bonds. The van der Waals surface area contributed by atoms with E-state index in [1.54, 1.807) is 13.8 Å². The van der Waals surface area contributed by atoms with Crippen LogP contribution in [0.15, 0.2) is 29.4 Å². The zero-order valence-electron chi connectivity index (χ0n) is 12.6. The molecule has 126 valence electrons. The molecule has 1 aromatic rings. The summed E-state index contributed by atoms with van der Waals surface area (Å²) >= 11 is 0. The lowest BCUT2D eigenvalue weighted by Gasteiger charge is -2.32. The number of carbonyl (C=O) groups is 1. The molecule has 0 bridgehead atoms. The lowest BCUT2D eigenvalue weighted by molar-refractivity contribution is -0.297. The first-order valence-corrected chi connectivity index (χ1v) is 7.00. The van der Waals surface area contributed by atoms with Gasteiger partial charge in [-0.3, -0.25) is 4.79 Å². The number of carbonyl (C=O) groups excluding carboxylic acids is 1. The second kappa shape index (κ2) is 5.92. The number of benzene rings is 1. The van der Waals surface area contributed by atoms with Crippen LogP contribution in [0, 0.1) is 11.7 Å². The van der Waals surface area contributed by atoms with Gasteiger partial charge in [0.1, 0.15) is 5.82 Å². The third kappa shape index (κ3) is 3.36. The van der Waals surface area contributed by atoms with Crippen LogP contribution in [-0.4, -0.2) is 33.6 Å². The van der Waals surface area contributed by atoms with Crippen molar-refractivity contribution >= 4 is 11.6 Å². The van der Waals surface area contributed by atoms with Crippen molar-refractivity contribution in [2.75, 3.05) is 0 Å². The fourth-order valence-corrected chi connectivity index (χ4v) is 2.35.